The van der Waals surface area contributed by atoms with Crippen molar-refractivity contribution in [2.45, 2.75) is 264 Å². The number of unbranched alkanes of at least 4 members (excludes halogenated alkanes) is 24. The normalized spacial score (nSPS) is 14.0. The Morgan fingerprint density at radius 2 is 0.713 bits per heavy atom. The van der Waals surface area contributed by atoms with Crippen LogP contribution in [0.15, 0.2) is 122 Å². The number of phosphoric acid groups is 1. The van der Waals surface area contributed by atoms with Gasteiger partial charge in [-0.05, 0) is 109 Å². The van der Waals surface area contributed by atoms with E-state index < -0.39 is 26.5 Å². The Labute approximate surface area is 492 Å². The minimum atomic E-state index is -4.40. The van der Waals surface area contributed by atoms with Gasteiger partial charge < -0.3 is 18.9 Å². The molecule has 80 heavy (non-hydrogen) atoms. The molecule has 0 spiro atoms. The Bertz CT molecular complexity index is 1760. The highest BCUT2D eigenvalue weighted by molar-refractivity contribution is 7.47. The molecule has 458 valence electrons. The molecule has 0 aliphatic heterocycles. The van der Waals surface area contributed by atoms with Crippen molar-refractivity contribution in [3.05, 3.63) is 122 Å². The van der Waals surface area contributed by atoms with Crippen LogP contribution in [0.5, 0.6) is 0 Å². The molecule has 9 nitrogen and oxygen atoms in total. The monoisotopic (exact) mass is 1130 g/mol. The third kappa shape index (κ3) is 63.6. The fourth-order valence-electron chi connectivity index (χ4n) is 8.53. The number of allylic oxidation sites excluding steroid dienone is 20. The van der Waals surface area contributed by atoms with Gasteiger partial charge >= 0.3 is 19.8 Å². The predicted octanol–water partition coefficient (Wildman–Crippen LogP) is 20.7. The third-order valence-electron chi connectivity index (χ3n) is 13.5. The van der Waals surface area contributed by atoms with Crippen LogP contribution >= 0.6 is 7.82 Å². The first-order chi connectivity index (χ1) is 39.0. The molecule has 0 amide bonds. The molecule has 0 bridgehead atoms. The summed E-state index contributed by atoms with van der Waals surface area (Å²) in [5.41, 5.74) is 0. The Morgan fingerprint density at radius 1 is 0.400 bits per heavy atom. The molecule has 0 aromatic carbocycles. The highest BCUT2D eigenvalue weighted by Gasteiger charge is 2.27. The second-order valence-corrected chi connectivity index (χ2v) is 23.9. The van der Waals surface area contributed by atoms with E-state index in [1.807, 2.05) is 21.1 Å². The molecule has 2 unspecified atom stereocenters. The summed E-state index contributed by atoms with van der Waals surface area (Å²) in [4.78, 5) is 35.8. The molecule has 1 N–H and O–H groups in total. The lowest BCUT2D eigenvalue weighted by molar-refractivity contribution is -0.870. The van der Waals surface area contributed by atoms with E-state index in [0.29, 0.717) is 17.4 Å². The van der Waals surface area contributed by atoms with Crippen LogP contribution in [0.1, 0.15) is 258 Å². The highest BCUT2D eigenvalue weighted by atomic mass is 31.2. The van der Waals surface area contributed by atoms with E-state index in [4.69, 9.17) is 18.5 Å². The van der Waals surface area contributed by atoms with Gasteiger partial charge in [0.15, 0.2) is 6.10 Å². The van der Waals surface area contributed by atoms with Gasteiger partial charge in [-0.15, -0.1) is 0 Å². The van der Waals surface area contributed by atoms with Gasteiger partial charge in [0.05, 0.1) is 27.7 Å². The summed E-state index contributed by atoms with van der Waals surface area (Å²) >= 11 is 0. The van der Waals surface area contributed by atoms with Crippen LogP contribution in [0.4, 0.5) is 0 Å². The summed E-state index contributed by atoms with van der Waals surface area (Å²) in [6.45, 7) is 4.28. The van der Waals surface area contributed by atoms with Crippen LogP contribution < -0.4 is 0 Å². The van der Waals surface area contributed by atoms with Gasteiger partial charge in [-0.1, -0.05) is 257 Å². The summed E-state index contributed by atoms with van der Waals surface area (Å²) in [5.74, 6) is -0.813. The molecule has 10 heteroatoms. The zero-order valence-corrected chi connectivity index (χ0v) is 52.9. The van der Waals surface area contributed by atoms with E-state index in [2.05, 4.69) is 135 Å². The largest absolute Gasteiger partial charge is 0.472 e. The predicted molar refractivity (Wildman–Crippen MR) is 344 cm³/mol. The van der Waals surface area contributed by atoms with Crippen molar-refractivity contribution in [2.24, 2.45) is 0 Å². The van der Waals surface area contributed by atoms with Gasteiger partial charge in [-0.25, -0.2) is 4.57 Å². The minimum Gasteiger partial charge on any atom is -0.462 e. The molecule has 0 radical (unpaired) electrons. The maximum atomic E-state index is 12.8. The lowest BCUT2D eigenvalue weighted by Gasteiger charge is -2.24. The lowest BCUT2D eigenvalue weighted by atomic mass is 10.0. The van der Waals surface area contributed by atoms with Gasteiger partial charge in [-0.2, -0.15) is 0 Å². The van der Waals surface area contributed by atoms with Crippen molar-refractivity contribution in [1.29, 1.82) is 0 Å². The third-order valence-corrected chi connectivity index (χ3v) is 14.5. The van der Waals surface area contributed by atoms with Gasteiger partial charge in [-0.3, -0.25) is 18.6 Å². The molecular formula is C70H121NO8P+. The highest BCUT2D eigenvalue weighted by Crippen LogP contribution is 2.43. The zero-order chi connectivity index (χ0) is 58.4. The first-order valence-corrected chi connectivity index (χ1v) is 33.8. The molecule has 0 heterocycles. The number of hydrogen-bond donors (Lipinski definition) is 1. The molecular weight excluding hydrogens is 1010 g/mol. The molecule has 0 aromatic rings. The number of hydrogen-bond acceptors (Lipinski definition) is 7. The minimum absolute atomic E-state index is 0.0248. The Hall–Kier alpha value is -3.59. The van der Waals surface area contributed by atoms with Crippen molar-refractivity contribution >= 4 is 19.8 Å². The fraction of sp³-hybridized carbons (Fsp3) is 0.686. The molecule has 0 rings (SSSR count). The van der Waals surface area contributed by atoms with Crippen LogP contribution in [0.3, 0.4) is 0 Å². The molecule has 0 fully saturated rings. The maximum Gasteiger partial charge on any atom is 0.472 e. The average molecular weight is 1140 g/mol. The number of carbonyl (C=O) groups is 2. The Kier molecular flexibility index (Phi) is 57.3. The lowest BCUT2D eigenvalue weighted by Crippen LogP contribution is -2.37. The quantitative estimate of drug-likeness (QED) is 0.0211. The smallest absolute Gasteiger partial charge is 0.462 e. The first-order valence-electron chi connectivity index (χ1n) is 32.3. The molecule has 0 saturated carbocycles. The molecule has 0 aromatic heterocycles. The number of ether oxygens (including phenoxy) is 2. The van der Waals surface area contributed by atoms with E-state index in [-0.39, 0.29) is 32.0 Å². The van der Waals surface area contributed by atoms with Gasteiger partial charge in [0.25, 0.3) is 0 Å². The summed E-state index contributed by atoms with van der Waals surface area (Å²) < 4.78 is 34.6. The summed E-state index contributed by atoms with van der Waals surface area (Å²) in [5, 5.41) is 0. The number of phosphoric ester groups is 1. The van der Waals surface area contributed by atoms with Crippen LogP contribution in [-0.4, -0.2) is 74.9 Å². The van der Waals surface area contributed by atoms with Crippen LogP contribution in [0.2, 0.25) is 0 Å². The van der Waals surface area contributed by atoms with Crippen molar-refractivity contribution in [1.82, 2.24) is 0 Å². The van der Waals surface area contributed by atoms with Crippen molar-refractivity contribution < 1.29 is 42.1 Å². The number of esters is 2. The van der Waals surface area contributed by atoms with Gasteiger partial charge in [0.2, 0.25) is 0 Å². The van der Waals surface area contributed by atoms with E-state index in [0.717, 1.165) is 109 Å². The van der Waals surface area contributed by atoms with Crippen LogP contribution in [0, 0.1) is 0 Å². The fourth-order valence-corrected chi connectivity index (χ4v) is 9.27. The summed E-state index contributed by atoms with van der Waals surface area (Å²) in [6.07, 6.45) is 85.7. The second kappa shape index (κ2) is 60.0. The second-order valence-electron chi connectivity index (χ2n) is 22.4. The zero-order valence-electron chi connectivity index (χ0n) is 52.0. The number of quaternary nitrogens is 1. The van der Waals surface area contributed by atoms with E-state index in [1.54, 1.807) is 0 Å². The summed E-state index contributed by atoms with van der Waals surface area (Å²) in [7, 11) is 1.46. The van der Waals surface area contributed by atoms with Gasteiger partial charge in [0, 0.05) is 12.8 Å². The van der Waals surface area contributed by atoms with Crippen molar-refractivity contribution in [3.63, 3.8) is 0 Å². The van der Waals surface area contributed by atoms with Crippen molar-refractivity contribution in [3.8, 4) is 0 Å². The average Bonchev–Trinajstić information content (AvgIpc) is 3.42. The topological polar surface area (TPSA) is 108 Å². The molecule has 0 aliphatic carbocycles. The Balaban J connectivity index is 4.08. The van der Waals surface area contributed by atoms with E-state index in [9.17, 15) is 19.0 Å². The number of rotatable bonds is 58. The van der Waals surface area contributed by atoms with Crippen LogP contribution in [0.25, 0.3) is 0 Å². The molecule has 0 saturated heterocycles. The first kappa shape index (κ1) is 76.4. The van der Waals surface area contributed by atoms with Crippen molar-refractivity contribution in [2.75, 3.05) is 47.5 Å². The number of carbonyl (C=O) groups excluding carboxylic acids is 2. The summed E-state index contributed by atoms with van der Waals surface area (Å²) in [6, 6.07) is 0. The van der Waals surface area contributed by atoms with Crippen LogP contribution in [-0.2, 0) is 32.7 Å². The number of likely N-dealkylation sites (N-methyl/N-ethyl adjacent to an activating group) is 1. The van der Waals surface area contributed by atoms with E-state index >= 15 is 0 Å². The van der Waals surface area contributed by atoms with E-state index in [1.165, 1.54) is 116 Å². The standard InChI is InChI=1S/C70H120NO8P/c1-6-8-10-12-14-16-18-20-22-24-26-27-28-29-30-31-32-33-34-35-36-37-38-39-40-41-42-43-45-47-49-51-53-55-57-59-61-63-70(73)79-68(67-78-80(74,75)77-65-64-71(3,4)5)66-76-69(72)62-60-58-56-54-52-50-48-46-44-25-23-21-19-17-15-13-11-9-7-2/h8,10,14-17,20-23,26-27,29-30,32-33,35-36,44,46,68H,6-7,9,11-13,18-19,24-25,28,31,34,37-43,45,47-67H2,1-5H3/p+1/b10-8-,16-14-,17-15-,22-20-,23-21-,27-26-,30-29-,33-32-,36-35-,46-44-. The van der Waals surface area contributed by atoms with Gasteiger partial charge in [0.1, 0.15) is 19.8 Å². The number of nitrogens with zero attached hydrogens (tertiary/aromatic N) is 1. The molecule has 0 aliphatic rings. The Morgan fingerprint density at radius 3 is 1.06 bits per heavy atom. The molecule has 2 atom stereocenters. The SMILES string of the molecule is CC/C=C\C/C=C\C/C=C\C/C=C\C/C=C\C/C=C\C/C=C\CCCCCCCCCCCCCCCCCC(=O)OC(COC(=O)CCCCCCCC/C=C\C/C=C\C/C=C\CCCCC)COP(=O)(O)OCC[N+](C)(C)C. The maximum absolute atomic E-state index is 12.8.